The van der Waals surface area contributed by atoms with Crippen molar-refractivity contribution < 1.29 is 9.53 Å². The molecule has 0 unspecified atom stereocenters. The average Bonchev–Trinajstić information content (AvgIpc) is 2.57. The van der Waals surface area contributed by atoms with Crippen LogP contribution in [0.15, 0.2) is 42.5 Å². The molecule has 1 heterocycles. The summed E-state index contributed by atoms with van der Waals surface area (Å²) < 4.78 is 5.46. The fourth-order valence-corrected chi connectivity index (χ4v) is 2.42. The van der Waals surface area contributed by atoms with Crippen LogP contribution in [-0.4, -0.2) is 12.5 Å². The molecule has 0 aliphatic carbocycles. The highest BCUT2D eigenvalue weighted by Crippen LogP contribution is 2.33. The minimum Gasteiger partial charge on any atom is -0.482 e. The third-order valence-corrected chi connectivity index (χ3v) is 3.63. The van der Waals surface area contributed by atoms with Gasteiger partial charge in [-0.2, -0.15) is 5.26 Å². The molecule has 0 saturated heterocycles. The smallest absolute Gasteiger partial charge is 0.265 e. The van der Waals surface area contributed by atoms with Gasteiger partial charge in [0.2, 0.25) is 0 Å². The van der Waals surface area contributed by atoms with E-state index in [4.69, 9.17) is 15.7 Å². The highest BCUT2D eigenvalue weighted by Gasteiger charge is 2.25. The van der Waals surface area contributed by atoms with Crippen molar-refractivity contribution in [2.75, 3.05) is 11.5 Å². The molecule has 1 aliphatic rings. The second-order valence-corrected chi connectivity index (χ2v) is 5.08. The lowest BCUT2D eigenvalue weighted by Gasteiger charge is -2.30. The van der Waals surface area contributed by atoms with Gasteiger partial charge in [0, 0.05) is 6.54 Å². The molecule has 0 saturated carbocycles. The number of ether oxygens (including phenoxy) is 1. The third kappa shape index (κ3) is 2.65. The van der Waals surface area contributed by atoms with Crippen molar-refractivity contribution in [3.63, 3.8) is 0 Å². The SMILES string of the molecule is N#Cc1ccc(CN2C(=O)COc3ccc(CN)cc32)cc1. The second kappa shape index (κ2) is 5.88. The molecule has 1 amide bonds. The number of nitrogens with two attached hydrogens (primary N) is 1. The van der Waals surface area contributed by atoms with Crippen molar-refractivity contribution >= 4 is 11.6 Å². The van der Waals surface area contributed by atoms with Crippen LogP contribution in [0, 0.1) is 11.3 Å². The van der Waals surface area contributed by atoms with Gasteiger partial charge in [0.15, 0.2) is 6.61 Å². The van der Waals surface area contributed by atoms with E-state index in [1.807, 2.05) is 30.3 Å². The van der Waals surface area contributed by atoms with Gasteiger partial charge in [-0.25, -0.2) is 0 Å². The molecule has 5 heteroatoms. The van der Waals surface area contributed by atoms with Crippen molar-refractivity contribution in [3.05, 3.63) is 59.2 Å². The second-order valence-electron chi connectivity index (χ2n) is 5.08. The monoisotopic (exact) mass is 293 g/mol. The largest absolute Gasteiger partial charge is 0.482 e. The van der Waals surface area contributed by atoms with Crippen LogP contribution in [0.1, 0.15) is 16.7 Å². The Morgan fingerprint density at radius 1 is 1.18 bits per heavy atom. The van der Waals surface area contributed by atoms with Crippen molar-refractivity contribution in [3.8, 4) is 11.8 Å². The number of carbonyl (C=O) groups is 1. The van der Waals surface area contributed by atoms with Crippen LogP contribution in [0.5, 0.6) is 5.75 Å². The van der Waals surface area contributed by atoms with Crippen LogP contribution in [0.3, 0.4) is 0 Å². The molecule has 3 rings (SSSR count). The maximum absolute atomic E-state index is 12.2. The summed E-state index contributed by atoms with van der Waals surface area (Å²) >= 11 is 0. The number of nitrogens with zero attached hydrogens (tertiary/aromatic N) is 2. The van der Waals surface area contributed by atoms with Crippen LogP contribution in [0.4, 0.5) is 5.69 Å². The Morgan fingerprint density at radius 2 is 1.91 bits per heavy atom. The van der Waals surface area contributed by atoms with Crippen molar-refractivity contribution in [1.29, 1.82) is 5.26 Å². The van der Waals surface area contributed by atoms with Gasteiger partial charge in [-0.05, 0) is 35.4 Å². The summed E-state index contributed by atoms with van der Waals surface area (Å²) in [4.78, 5) is 13.9. The van der Waals surface area contributed by atoms with Gasteiger partial charge in [-0.3, -0.25) is 4.79 Å². The Balaban J connectivity index is 1.92. The quantitative estimate of drug-likeness (QED) is 0.938. The molecule has 22 heavy (non-hydrogen) atoms. The van der Waals surface area contributed by atoms with Gasteiger partial charge in [0.05, 0.1) is 23.9 Å². The van der Waals surface area contributed by atoms with Gasteiger partial charge in [-0.1, -0.05) is 18.2 Å². The van der Waals surface area contributed by atoms with Crippen LogP contribution in [-0.2, 0) is 17.9 Å². The summed E-state index contributed by atoms with van der Waals surface area (Å²) in [6.45, 7) is 0.881. The van der Waals surface area contributed by atoms with E-state index >= 15 is 0 Å². The lowest BCUT2D eigenvalue weighted by Crippen LogP contribution is -2.38. The number of fused-ring (bicyclic) bond motifs is 1. The fraction of sp³-hybridized carbons (Fsp3) is 0.176. The number of rotatable bonds is 3. The van der Waals surface area contributed by atoms with Gasteiger partial charge in [0.25, 0.3) is 5.91 Å². The van der Waals surface area contributed by atoms with Crippen molar-refractivity contribution in [2.24, 2.45) is 5.73 Å². The number of carbonyl (C=O) groups excluding carboxylic acids is 1. The minimum absolute atomic E-state index is 0.0330. The van der Waals surface area contributed by atoms with Crippen LogP contribution in [0.2, 0.25) is 0 Å². The molecule has 110 valence electrons. The van der Waals surface area contributed by atoms with Gasteiger partial charge < -0.3 is 15.4 Å². The van der Waals surface area contributed by atoms with E-state index in [0.717, 1.165) is 16.8 Å². The highest BCUT2D eigenvalue weighted by atomic mass is 16.5. The normalized spacial score (nSPS) is 13.3. The van der Waals surface area contributed by atoms with Gasteiger partial charge in [0.1, 0.15) is 5.75 Å². The van der Waals surface area contributed by atoms with Crippen LogP contribution < -0.4 is 15.4 Å². The number of hydrogen-bond acceptors (Lipinski definition) is 4. The topological polar surface area (TPSA) is 79.3 Å². The molecule has 2 aromatic rings. The molecular weight excluding hydrogens is 278 g/mol. The highest BCUT2D eigenvalue weighted by molar-refractivity contribution is 5.97. The number of amides is 1. The zero-order valence-electron chi connectivity index (χ0n) is 12.0. The zero-order chi connectivity index (χ0) is 15.5. The minimum atomic E-state index is -0.0916. The van der Waals surface area contributed by atoms with Crippen molar-refractivity contribution in [2.45, 2.75) is 13.1 Å². The van der Waals surface area contributed by atoms with E-state index in [0.29, 0.717) is 24.4 Å². The standard InChI is InChI=1S/C17H15N3O2/c18-8-12-1-3-13(4-2-12)10-20-15-7-14(9-19)5-6-16(15)22-11-17(20)21/h1-7H,9-11,19H2. The molecule has 0 radical (unpaired) electrons. The first-order valence-corrected chi connectivity index (χ1v) is 6.96. The average molecular weight is 293 g/mol. The lowest BCUT2D eigenvalue weighted by molar-refractivity contribution is -0.121. The molecular formula is C17H15N3O2. The predicted octanol–water partition coefficient (Wildman–Crippen LogP) is 1.94. The first-order valence-electron chi connectivity index (χ1n) is 6.96. The lowest BCUT2D eigenvalue weighted by atomic mass is 10.1. The summed E-state index contributed by atoms with van der Waals surface area (Å²) in [5.74, 6) is 0.594. The van der Waals surface area contributed by atoms with Crippen LogP contribution in [0.25, 0.3) is 0 Å². The fourth-order valence-electron chi connectivity index (χ4n) is 2.42. The Morgan fingerprint density at radius 3 is 2.59 bits per heavy atom. The first kappa shape index (κ1) is 14.1. The van der Waals surface area contributed by atoms with E-state index in [2.05, 4.69) is 6.07 Å². The Hall–Kier alpha value is -2.84. The maximum Gasteiger partial charge on any atom is 0.265 e. The number of nitriles is 1. The third-order valence-electron chi connectivity index (χ3n) is 3.63. The number of anilines is 1. The molecule has 2 aromatic carbocycles. The molecule has 0 atom stereocenters. The molecule has 0 bridgehead atoms. The predicted molar refractivity (Wildman–Crippen MR) is 82.2 cm³/mol. The Bertz CT molecular complexity index is 747. The van der Waals surface area contributed by atoms with Gasteiger partial charge >= 0.3 is 0 Å². The summed E-state index contributed by atoms with van der Waals surface area (Å²) in [6, 6.07) is 14.9. The molecule has 0 fully saturated rings. The number of hydrogen-bond donors (Lipinski definition) is 1. The van der Waals surface area contributed by atoms with Crippen molar-refractivity contribution in [1.82, 2.24) is 0 Å². The molecule has 5 nitrogen and oxygen atoms in total. The van der Waals surface area contributed by atoms with E-state index in [-0.39, 0.29) is 12.5 Å². The van der Waals surface area contributed by atoms with E-state index < -0.39 is 0 Å². The maximum atomic E-state index is 12.2. The molecule has 0 aromatic heterocycles. The van der Waals surface area contributed by atoms with E-state index in [1.165, 1.54) is 0 Å². The first-order chi connectivity index (χ1) is 10.7. The molecule has 0 spiro atoms. The molecule has 1 aliphatic heterocycles. The number of benzene rings is 2. The molecule has 2 N–H and O–H groups in total. The summed E-state index contributed by atoms with van der Waals surface area (Å²) in [7, 11) is 0. The van der Waals surface area contributed by atoms with E-state index in [1.54, 1.807) is 17.0 Å². The Labute approximate surface area is 128 Å². The van der Waals surface area contributed by atoms with E-state index in [9.17, 15) is 4.79 Å². The van der Waals surface area contributed by atoms with Crippen LogP contribution >= 0.6 is 0 Å². The summed E-state index contributed by atoms with van der Waals surface area (Å²) in [5.41, 5.74) is 8.91. The summed E-state index contributed by atoms with van der Waals surface area (Å²) in [5, 5.41) is 8.84. The zero-order valence-corrected chi connectivity index (χ0v) is 12.0. The summed E-state index contributed by atoms with van der Waals surface area (Å²) in [6.07, 6.45) is 0. The van der Waals surface area contributed by atoms with Gasteiger partial charge in [-0.15, -0.1) is 0 Å². The Kier molecular flexibility index (Phi) is 3.77.